The van der Waals surface area contributed by atoms with Crippen LogP contribution in [-0.2, 0) is 0 Å². The summed E-state index contributed by atoms with van der Waals surface area (Å²) >= 11 is 0. The van der Waals surface area contributed by atoms with E-state index in [2.05, 4.69) is 30.2 Å². The highest BCUT2D eigenvalue weighted by Crippen LogP contribution is 2.38. The molecule has 0 aromatic carbocycles. The second kappa shape index (κ2) is 6.74. The fourth-order valence-corrected chi connectivity index (χ4v) is 2.45. The molecule has 3 heteroatoms. The van der Waals surface area contributed by atoms with Gasteiger partial charge in [0.1, 0.15) is 5.75 Å². The lowest BCUT2D eigenvalue weighted by Crippen LogP contribution is -2.32. The zero-order chi connectivity index (χ0) is 12.8. The van der Waals surface area contributed by atoms with E-state index >= 15 is 0 Å². The zero-order valence-corrected chi connectivity index (χ0v) is 11.5. The Kier molecular flexibility index (Phi) is 5.00. The Morgan fingerprint density at radius 2 is 2.22 bits per heavy atom. The summed E-state index contributed by atoms with van der Waals surface area (Å²) in [5, 5.41) is 3.59. The minimum absolute atomic E-state index is 0.446. The second-order valence-corrected chi connectivity index (χ2v) is 5.03. The van der Waals surface area contributed by atoms with Crippen molar-refractivity contribution in [2.75, 3.05) is 13.2 Å². The molecule has 1 saturated carbocycles. The maximum Gasteiger partial charge on any atom is 0.137 e. The van der Waals surface area contributed by atoms with Gasteiger partial charge in [0.15, 0.2) is 0 Å². The first kappa shape index (κ1) is 13.3. The van der Waals surface area contributed by atoms with Crippen molar-refractivity contribution < 1.29 is 4.74 Å². The standard InChI is InChI=1S/C15H24N2O/c1-3-8-18-14-9-13(10-16-11-14)15(17-4-2)12-6-5-7-12/h9-12,15,17H,3-8H2,1-2H3. The van der Waals surface area contributed by atoms with Crippen LogP contribution in [0.25, 0.3) is 0 Å². The van der Waals surface area contributed by atoms with E-state index in [1.807, 2.05) is 12.4 Å². The Balaban J connectivity index is 2.08. The van der Waals surface area contributed by atoms with Crippen molar-refractivity contribution in [2.24, 2.45) is 5.92 Å². The van der Waals surface area contributed by atoms with Gasteiger partial charge in [0, 0.05) is 12.2 Å². The summed E-state index contributed by atoms with van der Waals surface area (Å²) < 4.78 is 5.67. The quantitative estimate of drug-likeness (QED) is 0.803. The SMILES string of the molecule is CCCOc1cncc(C(NCC)C2CCC2)c1. The van der Waals surface area contributed by atoms with Crippen LogP contribution in [0.1, 0.15) is 51.1 Å². The second-order valence-electron chi connectivity index (χ2n) is 5.03. The molecular weight excluding hydrogens is 224 g/mol. The lowest BCUT2D eigenvalue weighted by Gasteiger charge is -2.34. The van der Waals surface area contributed by atoms with Gasteiger partial charge in [-0.25, -0.2) is 0 Å². The Labute approximate surface area is 110 Å². The average molecular weight is 248 g/mol. The van der Waals surface area contributed by atoms with E-state index < -0.39 is 0 Å². The average Bonchev–Trinajstić information content (AvgIpc) is 2.34. The third-order valence-corrected chi connectivity index (χ3v) is 3.61. The lowest BCUT2D eigenvalue weighted by atomic mass is 9.77. The Morgan fingerprint density at radius 1 is 1.39 bits per heavy atom. The summed E-state index contributed by atoms with van der Waals surface area (Å²) in [5.41, 5.74) is 1.27. The minimum Gasteiger partial charge on any atom is -0.492 e. The van der Waals surface area contributed by atoms with E-state index in [-0.39, 0.29) is 0 Å². The predicted molar refractivity (Wildman–Crippen MR) is 73.8 cm³/mol. The number of rotatable bonds is 7. The van der Waals surface area contributed by atoms with Gasteiger partial charge < -0.3 is 10.1 Å². The third-order valence-electron chi connectivity index (χ3n) is 3.61. The van der Waals surface area contributed by atoms with Crippen LogP contribution >= 0.6 is 0 Å². The lowest BCUT2D eigenvalue weighted by molar-refractivity contribution is 0.232. The predicted octanol–water partition coefficient (Wildman–Crippen LogP) is 3.32. The molecule has 0 bridgehead atoms. The molecule has 0 saturated heterocycles. The molecule has 0 aliphatic heterocycles. The monoisotopic (exact) mass is 248 g/mol. The zero-order valence-electron chi connectivity index (χ0n) is 11.5. The van der Waals surface area contributed by atoms with Crippen LogP contribution in [0.4, 0.5) is 0 Å². The van der Waals surface area contributed by atoms with Gasteiger partial charge in [0.25, 0.3) is 0 Å². The number of nitrogens with one attached hydrogen (secondary N) is 1. The molecule has 1 N–H and O–H groups in total. The summed E-state index contributed by atoms with van der Waals surface area (Å²) in [6.45, 7) is 6.05. The van der Waals surface area contributed by atoms with Crippen LogP contribution in [-0.4, -0.2) is 18.1 Å². The molecule has 1 aromatic rings. The molecule has 18 heavy (non-hydrogen) atoms. The first-order valence-electron chi connectivity index (χ1n) is 7.16. The first-order chi connectivity index (χ1) is 8.85. The highest BCUT2D eigenvalue weighted by molar-refractivity contribution is 5.27. The van der Waals surface area contributed by atoms with Crippen LogP contribution in [0.15, 0.2) is 18.5 Å². The number of ether oxygens (including phenoxy) is 1. The highest BCUT2D eigenvalue weighted by Gasteiger charge is 2.28. The van der Waals surface area contributed by atoms with Gasteiger partial charge in [-0.05, 0) is 43.4 Å². The van der Waals surface area contributed by atoms with Crippen molar-refractivity contribution in [3.05, 3.63) is 24.0 Å². The van der Waals surface area contributed by atoms with Gasteiger partial charge in [-0.1, -0.05) is 20.3 Å². The molecule has 0 spiro atoms. The molecule has 3 nitrogen and oxygen atoms in total. The molecule has 1 atom stereocenters. The summed E-state index contributed by atoms with van der Waals surface area (Å²) in [5.74, 6) is 1.67. The molecule has 1 aliphatic rings. The maximum atomic E-state index is 5.67. The van der Waals surface area contributed by atoms with Crippen molar-refractivity contribution in [3.8, 4) is 5.75 Å². The van der Waals surface area contributed by atoms with Gasteiger partial charge in [-0.3, -0.25) is 4.98 Å². The van der Waals surface area contributed by atoms with E-state index in [9.17, 15) is 0 Å². The number of pyridine rings is 1. The van der Waals surface area contributed by atoms with Crippen molar-refractivity contribution >= 4 is 0 Å². The van der Waals surface area contributed by atoms with Gasteiger partial charge in [-0.15, -0.1) is 0 Å². The van der Waals surface area contributed by atoms with Crippen molar-refractivity contribution in [2.45, 2.75) is 45.6 Å². The van der Waals surface area contributed by atoms with Crippen molar-refractivity contribution in [1.29, 1.82) is 0 Å². The number of nitrogens with zero attached hydrogens (tertiary/aromatic N) is 1. The van der Waals surface area contributed by atoms with Crippen LogP contribution in [0.5, 0.6) is 5.75 Å². The number of aromatic nitrogens is 1. The van der Waals surface area contributed by atoms with Crippen LogP contribution < -0.4 is 10.1 Å². The van der Waals surface area contributed by atoms with Crippen molar-refractivity contribution in [3.63, 3.8) is 0 Å². The van der Waals surface area contributed by atoms with Gasteiger partial charge in [0.05, 0.1) is 12.8 Å². The summed E-state index contributed by atoms with van der Waals surface area (Å²) in [7, 11) is 0. The van der Waals surface area contributed by atoms with Crippen molar-refractivity contribution in [1.82, 2.24) is 10.3 Å². The molecule has 100 valence electrons. The summed E-state index contributed by atoms with van der Waals surface area (Å²) in [4.78, 5) is 4.32. The van der Waals surface area contributed by atoms with E-state index in [4.69, 9.17) is 4.74 Å². The van der Waals surface area contributed by atoms with Gasteiger partial charge in [-0.2, -0.15) is 0 Å². The van der Waals surface area contributed by atoms with E-state index in [1.54, 1.807) is 0 Å². The number of hydrogen-bond donors (Lipinski definition) is 1. The maximum absolute atomic E-state index is 5.67. The van der Waals surface area contributed by atoms with E-state index in [0.717, 1.165) is 31.2 Å². The molecule has 0 radical (unpaired) electrons. The molecule has 0 amide bonds. The van der Waals surface area contributed by atoms with Gasteiger partial charge in [0.2, 0.25) is 0 Å². The molecule has 1 heterocycles. The molecule has 1 unspecified atom stereocenters. The summed E-state index contributed by atoms with van der Waals surface area (Å²) in [6, 6.07) is 2.59. The molecular formula is C15H24N2O. The summed E-state index contributed by atoms with van der Waals surface area (Å²) in [6.07, 6.45) is 8.85. The van der Waals surface area contributed by atoms with Crippen LogP contribution in [0.3, 0.4) is 0 Å². The minimum atomic E-state index is 0.446. The topological polar surface area (TPSA) is 34.1 Å². The Morgan fingerprint density at radius 3 is 2.83 bits per heavy atom. The van der Waals surface area contributed by atoms with Crippen LogP contribution in [0.2, 0.25) is 0 Å². The Hall–Kier alpha value is -1.09. The Bertz CT molecular complexity index is 363. The fraction of sp³-hybridized carbons (Fsp3) is 0.667. The molecule has 1 aromatic heterocycles. The molecule has 1 fully saturated rings. The van der Waals surface area contributed by atoms with E-state index in [0.29, 0.717) is 6.04 Å². The third kappa shape index (κ3) is 3.22. The molecule has 1 aliphatic carbocycles. The normalized spacial score (nSPS) is 17.2. The van der Waals surface area contributed by atoms with Crippen LogP contribution in [0, 0.1) is 5.92 Å². The smallest absolute Gasteiger partial charge is 0.137 e. The van der Waals surface area contributed by atoms with Gasteiger partial charge >= 0.3 is 0 Å². The van der Waals surface area contributed by atoms with E-state index in [1.165, 1.54) is 24.8 Å². The molecule has 2 rings (SSSR count). The largest absolute Gasteiger partial charge is 0.492 e. The fourth-order valence-electron chi connectivity index (χ4n) is 2.45. The highest BCUT2D eigenvalue weighted by atomic mass is 16.5. The number of hydrogen-bond acceptors (Lipinski definition) is 3. The first-order valence-corrected chi connectivity index (χ1v) is 7.16.